The first kappa shape index (κ1) is 22.7. The van der Waals surface area contributed by atoms with Crippen LogP contribution < -0.4 is 10.6 Å². The van der Waals surface area contributed by atoms with E-state index in [1.165, 1.54) is 58.3 Å². The molecule has 8 heteroatoms. The first-order valence-electron chi connectivity index (χ1n) is 10.3. The highest BCUT2D eigenvalue weighted by atomic mass is 127. The second-order valence-corrected chi connectivity index (χ2v) is 8.21. The zero-order chi connectivity index (χ0) is 18.4. The number of likely N-dealkylation sites (N-methyl/N-ethyl adjacent to an activating group) is 1. The van der Waals surface area contributed by atoms with Crippen molar-refractivity contribution >= 4 is 35.8 Å². The van der Waals surface area contributed by atoms with Gasteiger partial charge in [-0.3, -0.25) is 14.6 Å². The van der Waals surface area contributed by atoms with Crippen molar-refractivity contribution in [2.75, 3.05) is 66.5 Å². The van der Waals surface area contributed by atoms with Gasteiger partial charge in [0.15, 0.2) is 5.96 Å². The quantitative estimate of drug-likeness (QED) is 0.327. The molecule has 4 rings (SSSR count). The normalized spacial score (nSPS) is 28.4. The van der Waals surface area contributed by atoms with E-state index in [9.17, 15) is 4.79 Å². The van der Waals surface area contributed by atoms with Crippen LogP contribution in [-0.4, -0.2) is 99.1 Å². The molecule has 0 aromatic rings. The molecule has 2 N–H and O–H groups in total. The minimum Gasteiger partial charge on any atom is -0.356 e. The molecule has 1 aliphatic carbocycles. The molecule has 0 aromatic carbocycles. The van der Waals surface area contributed by atoms with Crippen molar-refractivity contribution < 1.29 is 4.79 Å². The topological polar surface area (TPSA) is 63.2 Å². The van der Waals surface area contributed by atoms with Crippen LogP contribution in [0.15, 0.2) is 4.99 Å². The van der Waals surface area contributed by atoms with Crippen molar-refractivity contribution in [3.05, 3.63) is 0 Å². The Morgan fingerprint density at radius 2 is 1.70 bits per heavy atom. The van der Waals surface area contributed by atoms with Crippen molar-refractivity contribution in [1.29, 1.82) is 0 Å². The number of guanidine groups is 1. The summed E-state index contributed by atoms with van der Waals surface area (Å²) in [6, 6.07) is 0.545. The summed E-state index contributed by atoms with van der Waals surface area (Å²) in [4.78, 5) is 23.2. The third kappa shape index (κ3) is 7.05. The van der Waals surface area contributed by atoms with E-state index in [4.69, 9.17) is 0 Å². The Hall–Kier alpha value is -0.610. The average molecular weight is 492 g/mol. The van der Waals surface area contributed by atoms with E-state index < -0.39 is 0 Å². The molecule has 27 heavy (non-hydrogen) atoms. The first-order chi connectivity index (χ1) is 12.6. The van der Waals surface area contributed by atoms with Crippen molar-refractivity contribution in [2.24, 2.45) is 10.9 Å². The maximum absolute atomic E-state index is 11.9. The van der Waals surface area contributed by atoms with E-state index in [0.29, 0.717) is 6.04 Å². The molecular weight excluding hydrogens is 455 g/mol. The molecule has 156 valence electrons. The highest BCUT2D eigenvalue weighted by molar-refractivity contribution is 14.0. The number of nitrogens with one attached hydrogen (secondary N) is 2. The molecule has 7 nitrogen and oxygen atoms in total. The molecule has 4 fully saturated rings. The molecule has 4 aliphatic rings. The summed E-state index contributed by atoms with van der Waals surface area (Å²) in [5.74, 6) is 1.57. The second-order valence-electron chi connectivity index (χ2n) is 8.21. The summed E-state index contributed by atoms with van der Waals surface area (Å²) in [7, 11) is 3.56. The standard InChI is InChI=1S/C19H36N6O.HI/c1-23(2)18(26)14-22-19(20-12-16-6-4-3-5-7-16)21-13-17-15-24-8-10-25(17)11-9-24;/h16-17H,3-15H2,1-2H3,(H2,20,21,22);1H. The number of halogens is 1. The number of hydrogen-bond donors (Lipinski definition) is 2. The SMILES string of the molecule is CN(C)C(=O)CN=C(NCC1CCCCC1)NCC1CN2CCN1CC2.I. The number of rotatable bonds is 6. The Kier molecular flexibility index (Phi) is 9.58. The van der Waals surface area contributed by atoms with Crippen LogP contribution in [-0.2, 0) is 4.79 Å². The fraction of sp³-hybridized carbons (Fsp3) is 0.895. The van der Waals surface area contributed by atoms with E-state index in [2.05, 4.69) is 25.4 Å². The highest BCUT2D eigenvalue weighted by Gasteiger charge is 2.31. The fourth-order valence-electron chi connectivity index (χ4n) is 4.23. The van der Waals surface area contributed by atoms with Gasteiger partial charge in [-0.05, 0) is 18.8 Å². The lowest BCUT2D eigenvalue weighted by atomic mass is 9.89. The summed E-state index contributed by atoms with van der Waals surface area (Å²) in [5.41, 5.74) is 0. The van der Waals surface area contributed by atoms with Crippen LogP contribution in [0.25, 0.3) is 0 Å². The Labute approximate surface area is 181 Å². The fourth-order valence-corrected chi connectivity index (χ4v) is 4.23. The van der Waals surface area contributed by atoms with E-state index in [1.54, 1.807) is 19.0 Å². The molecule has 2 bridgehead atoms. The van der Waals surface area contributed by atoms with E-state index in [-0.39, 0.29) is 36.4 Å². The molecule has 1 atom stereocenters. The Balaban J connectivity index is 0.00000261. The molecular formula is C19H37IN6O. The van der Waals surface area contributed by atoms with Gasteiger partial charge in [0.25, 0.3) is 0 Å². The predicted molar refractivity (Wildman–Crippen MR) is 121 cm³/mol. The maximum atomic E-state index is 11.9. The van der Waals surface area contributed by atoms with Gasteiger partial charge in [0.2, 0.25) is 5.91 Å². The average Bonchev–Trinajstić information content (AvgIpc) is 2.68. The summed E-state index contributed by atoms with van der Waals surface area (Å²) in [5, 5.41) is 7.01. The second kappa shape index (κ2) is 11.4. The van der Waals surface area contributed by atoms with Crippen LogP contribution in [0.3, 0.4) is 0 Å². The Morgan fingerprint density at radius 3 is 2.30 bits per heavy atom. The van der Waals surface area contributed by atoms with Crippen LogP contribution in [0.2, 0.25) is 0 Å². The molecule has 1 unspecified atom stereocenters. The lowest BCUT2D eigenvalue weighted by Gasteiger charge is -2.47. The zero-order valence-electron chi connectivity index (χ0n) is 17.0. The van der Waals surface area contributed by atoms with Gasteiger partial charge in [0.05, 0.1) is 0 Å². The molecule has 3 aliphatic heterocycles. The van der Waals surface area contributed by atoms with Crippen LogP contribution in [0.1, 0.15) is 32.1 Å². The van der Waals surface area contributed by atoms with Crippen molar-refractivity contribution in [3.8, 4) is 0 Å². The number of carbonyl (C=O) groups is 1. The first-order valence-corrected chi connectivity index (χ1v) is 10.3. The number of hydrogen-bond acceptors (Lipinski definition) is 4. The molecule has 1 saturated carbocycles. The van der Waals surface area contributed by atoms with Gasteiger partial charge in [-0.25, -0.2) is 4.99 Å². The number of fused-ring (bicyclic) bond motifs is 3. The van der Waals surface area contributed by atoms with E-state index in [0.717, 1.165) is 31.5 Å². The Morgan fingerprint density at radius 1 is 1.04 bits per heavy atom. The number of aliphatic imine (C=N–C) groups is 1. The minimum absolute atomic E-state index is 0. The van der Waals surface area contributed by atoms with Crippen LogP contribution in [0.4, 0.5) is 0 Å². The van der Waals surface area contributed by atoms with Crippen LogP contribution in [0.5, 0.6) is 0 Å². The lowest BCUT2D eigenvalue weighted by molar-refractivity contribution is -0.127. The van der Waals surface area contributed by atoms with Crippen LogP contribution in [0, 0.1) is 5.92 Å². The zero-order valence-corrected chi connectivity index (χ0v) is 19.3. The molecule has 0 aromatic heterocycles. The largest absolute Gasteiger partial charge is 0.356 e. The minimum atomic E-state index is 0. The summed E-state index contributed by atoms with van der Waals surface area (Å²) >= 11 is 0. The van der Waals surface area contributed by atoms with E-state index in [1.807, 2.05) is 0 Å². The Bertz CT molecular complexity index is 487. The molecule has 1 amide bonds. The van der Waals surface area contributed by atoms with Crippen LogP contribution >= 0.6 is 24.0 Å². The van der Waals surface area contributed by atoms with Crippen molar-refractivity contribution in [2.45, 2.75) is 38.1 Å². The summed E-state index contributed by atoms with van der Waals surface area (Å²) in [6.45, 7) is 7.95. The van der Waals surface area contributed by atoms with Crippen molar-refractivity contribution in [1.82, 2.24) is 25.3 Å². The molecule has 0 spiro atoms. The van der Waals surface area contributed by atoms with Gasteiger partial charge in [0, 0.05) is 66.0 Å². The van der Waals surface area contributed by atoms with Gasteiger partial charge < -0.3 is 15.5 Å². The maximum Gasteiger partial charge on any atom is 0.243 e. The number of nitrogens with zero attached hydrogens (tertiary/aromatic N) is 4. The summed E-state index contributed by atoms with van der Waals surface area (Å²) in [6.07, 6.45) is 6.68. The monoisotopic (exact) mass is 492 g/mol. The number of amides is 1. The van der Waals surface area contributed by atoms with Gasteiger partial charge in [-0.1, -0.05) is 19.3 Å². The smallest absolute Gasteiger partial charge is 0.243 e. The van der Waals surface area contributed by atoms with Crippen molar-refractivity contribution in [3.63, 3.8) is 0 Å². The van der Waals surface area contributed by atoms with Gasteiger partial charge in [-0.2, -0.15) is 0 Å². The van der Waals surface area contributed by atoms with Gasteiger partial charge >= 0.3 is 0 Å². The number of carbonyl (C=O) groups excluding carboxylic acids is 1. The van der Waals surface area contributed by atoms with E-state index >= 15 is 0 Å². The lowest BCUT2D eigenvalue weighted by Crippen LogP contribution is -2.64. The third-order valence-electron chi connectivity index (χ3n) is 6.05. The summed E-state index contributed by atoms with van der Waals surface area (Å²) < 4.78 is 0. The molecule has 3 heterocycles. The molecule has 3 saturated heterocycles. The third-order valence-corrected chi connectivity index (χ3v) is 6.05. The van der Waals surface area contributed by atoms with Gasteiger partial charge in [-0.15, -0.1) is 24.0 Å². The predicted octanol–water partition coefficient (Wildman–Crippen LogP) is 0.808. The molecule has 0 radical (unpaired) electrons. The number of piperazine rings is 3. The van der Waals surface area contributed by atoms with Gasteiger partial charge in [0.1, 0.15) is 6.54 Å². The highest BCUT2D eigenvalue weighted by Crippen LogP contribution is 2.22.